The monoisotopic (exact) mass is 360 g/mol. The molecule has 0 aliphatic heterocycles. The van der Waals surface area contributed by atoms with E-state index >= 15 is 0 Å². The Morgan fingerprint density at radius 1 is 1.24 bits per heavy atom. The first-order valence-corrected chi connectivity index (χ1v) is 8.70. The number of carbonyl (C=O) groups excluding carboxylic acids is 2. The predicted molar refractivity (Wildman–Crippen MR) is 97.1 cm³/mol. The Morgan fingerprint density at radius 3 is 2.48 bits per heavy atom. The molecule has 0 saturated heterocycles. The summed E-state index contributed by atoms with van der Waals surface area (Å²) in [4.78, 5) is 24.7. The number of carbonyl (C=O) groups is 2. The first-order chi connectivity index (χ1) is 11.9. The van der Waals surface area contributed by atoms with Crippen LogP contribution in [0.5, 0.6) is 0 Å². The van der Waals surface area contributed by atoms with E-state index in [4.69, 9.17) is 16.3 Å². The molecule has 1 fully saturated rings. The second-order valence-corrected chi connectivity index (χ2v) is 6.87. The van der Waals surface area contributed by atoms with E-state index in [0.717, 1.165) is 24.2 Å². The number of aromatic nitrogens is 1. The Balaban J connectivity index is 1.65. The lowest BCUT2D eigenvalue weighted by Gasteiger charge is -2.14. The fourth-order valence-electron chi connectivity index (χ4n) is 2.93. The lowest BCUT2D eigenvalue weighted by Crippen LogP contribution is -2.30. The van der Waals surface area contributed by atoms with Crippen molar-refractivity contribution in [1.82, 2.24) is 4.57 Å². The highest BCUT2D eigenvalue weighted by Crippen LogP contribution is 2.38. The van der Waals surface area contributed by atoms with E-state index in [0.29, 0.717) is 22.3 Å². The highest BCUT2D eigenvalue weighted by Gasteiger charge is 2.29. The Bertz CT molecular complexity index is 807. The van der Waals surface area contributed by atoms with Crippen molar-refractivity contribution in [3.8, 4) is 0 Å². The van der Waals surface area contributed by atoms with Crippen LogP contribution in [0.4, 0.5) is 5.69 Å². The number of nitrogens with one attached hydrogen (secondary N) is 1. The third-order valence-corrected chi connectivity index (χ3v) is 4.63. The van der Waals surface area contributed by atoms with Crippen LogP contribution in [-0.4, -0.2) is 22.5 Å². The van der Waals surface area contributed by atoms with Crippen molar-refractivity contribution in [2.45, 2.75) is 45.8 Å². The molecular weight excluding hydrogens is 340 g/mol. The fraction of sp³-hybridized carbons (Fsp3) is 0.368. The lowest BCUT2D eigenvalue weighted by atomic mass is 10.2. The smallest absolute Gasteiger partial charge is 0.340 e. The molecule has 5 nitrogen and oxygen atoms in total. The van der Waals surface area contributed by atoms with Crippen LogP contribution in [0.15, 0.2) is 30.3 Å². The second kappa shape index (κ2) is 6.92. The van der Waals surface area contributed by atoms with Crippen LogP contribution in [0.3, 0.4) is 0 Å². The number of esters is 1. The van der Waals surface area contributed by atoms with Gasteiger partial charge in [-0.15, -0.1) is 0 Å². The Labute approximate surface area is 151 Å². The van der Waals surface area contributed by atoms with E-state index in [1.165, 1.54) is 0 Å². The average molecular weight is 361 g/mol. The van der Waals surface area contributed by atoms with Gasteiger partial charge >= 0.3 is 5.97 Å². The van der Waals surface area contributed by atoms with Crippen molar-refractivity contribution < 1.29 is 14.3 Å². The summed E-state index contributed by atoms with van der Waals surface area (Å²) in [5, 5.41) is 3.29. The van der Waals surface area contributed by atoms with Crippen molar-refractivity contribution in [2.75, 3.05) is 5.32 Å². The van der Waals surface area contributed by atoms with Gasteiger partial charge < -0.3 is 14.6 Å². The summed E-state index contributed by atoms with van der Waals surface area (Å²) in [5.74, 6) is -0.856. The van der Waals surface area contributed by atoms with Gasteiger partial charge in [0.1, 0.15) is 0 Å². The standard InChI is InChI=1S/C19H21ClN2O3/c1-11-10-17(12(2)22(11)16-8-9-16)19(24)25-13(3)18(23)21-15-6-4-14(20)5-7-15/h4-7,10,13,16H,8-9H2,1-3H3,(H,21,23)/t13-/m1/s1. The minimum atomic E-state index is -0.896. The number of halogens is 1. The van der Waals surface area contributed by atoms with Crippen LogP contribution in [0.2, 0.25) is 5.02 Å². The van der Waals surface area contributed by atoms with Gasteiger partial charge in [0.25, 0.3) is 5.91 Å². The molecule has 3 rings (SSSR count). The summed E-state index contributed by atoms with van der Waals surface area (Å²) >= 11 is 5.82. The van der Waals surface area contributed by atoms with E-state index in [1.807, 2.05) is 19.9 Å². The molecule has 1 aliphatic carbocycles. The number of amides is 1. The Hall–Kier alpha value is -2.27. The zero-order valence-electron chi connectivity index (χ0n) is 14.5. The second-order valence-electron chi connectivity index (χ2n) is 6.43. The molecule has 1 heterocycles. The van der Waals surface area contributed by atoms with Gasteiger partial charge in [-0.05, 0) is 63.9 Å². The summed E-state index contributed by atoms with van der Waals surface area (Å²) in [6.45, 7) is 5.46. The summed E-state index contributed by atoms with van der Waals surface area (Å²) in [5.41, 5.74) is 3.07. The predicted octanol–water partition coefficient (Wildman–Crippen LogP) is 4.28. The normalized spacial score (nSPS) is 14.9. The molecule has 0 unspecified atom stereocenters. The molecule has 1 aromatic carbocycles. The number of nitrogens with zero attached hydrogens (tertiary/aromatic N) is 1. The molecule has 1 aromatic heterocycles. The maximum atomic E-state index is 12.5. The first kappa shape index (κ1) is 17.5. The zero-order chi connectivity index (χ0) is 18.1. The van der Waals surface area contributed by atoms with E-state index in [9.17, 15) is 9.59 Å². The van der Waals surface area contributed by atoms with Gasteiger partial charge in [-0.1, -0.05) is 11.6 Å². The average Bonchev–Trinajstić information content (AvgIpc) is 3.34. The summed E-state index contributed by atoms with van der Waals surface area (Å²) < 4.78 is 7.53. The maximum absolute atomic E-state index is 12.5. The number of ether oxygens (including phenoxy) is 1. The van der Waals surface area contributed by atoms with Crippen LogP contribution in [0.1, 0.15) is 47.6 Å². The van der Waals surface area contributed by atoms with E-state index in [2.05, 4.69) is 9.88 Å². The molecule has 1 aliphatic rings. The quantitative estimate of drug-likeness (QED) is 0.809. The minimum absolute atomic E-state index is 0.383. The summed E-state index contributed by atoms with van der Waals surface area (Å²) in [6.07, 6.45) is 1.39. The van der Waals surface area contributed by atoms with Crippen molar-refractivity contribution in [3.63, 3.8) is 0 Å². The number of hydrogen-bond donors (Lipinski definition) is 1. The van der Waals surface area contributed by atoms with Crippen molar-refractivity contribution in [2.24, 2.45) is 0 Å². The van der Waals surface area contributed by atoms with E-state index in [1.54, 1.807) is 31.2 Å². The molecule has 0 spiro atoms. The lowest BCUT2D eigenvalue weighted by molar-refractivity contribution is -0.123. The van der Waals surface area contributed by atoms with Crippen LogP contribution in [0.25, 0.3) is 0 Å². The molecule has 25 heavy (non-hydrogen) atoms. The van der Waals surface area contributed by atoms with Gasteiger partial charge in [0.05, 0.1) is 5.56 Å². The summed E-state index contributed by atoms with van der Waals surface area (Å²) in [6, 6.07) is 9.07. The van der Waals surface area contributed by atoms with Crippen LogP contribution in [0, 0.1) is 13.8 Å². The fourth-order valence-corrected chi connectivity index (χ4v) is 3.06. The topological polar surface area (TPSA) is 60.3 Å². The molecule has 0 radical (unpaired) electrons. The molecule has 2 aromatic rings. The van der Waals surface area contributed by atoms with Crippen molar-refractivity contribution in [3.05, 3.63) is 52.3 Å². The first-order valence-electron chi connectivity index (χ1n) is 8.32. The van der Waals surface area contributed by atoms with Crippen LogP contribution in [-0.2, 0) is 9.53 Å². The van der Waals surface area contributed by atoms with Gasteiger partial charge in [-0.2, -0.15) is 0 Å². The highest BCUT2D eigenvalue weighted by molar-refractivity contribution is 6.30. The molecule has 6 heteroatoms. The van der Waals surface area contributed by atoms with Crippen molar-refractivity contribution in [1.29, 1.82) is 0 Å². The minimum Gasteiger partial charge on any atom is -0.449 e. The van der Waals surface area contributed by atoms with Crippen LogP contribution < -0.4 is 5.32 Å². The number of benzene rings is 1. The van der Waals surface area contributed by atoms with Crippen molar-refractivity contribution >= 4 is 29.2 Å². The van der Waals surface area contributed by atoms with Gasteiger partial charge in [-0.3, -0.25) is 4.79 Å². The molecular formula is C19H21ClN2O3. The number of anilines is 1. The van der Waals surface area contributed by atoms with Gasteiger partial charge in [0, 0.05) is 28.1 Å². The van der Waals surface area contributed by atoms with Gasteiger partial charge in [0.2, 0.25) is 0 Å². The van der Waals surface area contributed by atoms with Crippen LogP contribution >= 0.6 is 11.6 Å². The number of rotatable bonds is 5. The SMILES string of the molecule is Cc1cc(C(=O)O[C@H](C)C(=O)Nc2ccc(Cl)cc2)c(C)n1C1CC1. The Kier molecular flexibility index (Phi) is 4.86. The number of aryl methyl sites for hydroxylation is 1. The van der Waals surface area contributed by atoms with E-state index < -0.39 is 12.1 Å². The molecule has 1 N–H and O–H groups in total. The largest absolute Gasteiger partial charge is 0.449 e. The maximum Gasteiger partial charge on any atom is 0.340 e. The third kappa shape index (κ3) is 3.87. The van der Waals surface area contributed by atoms with Gasteiger partial charge in [-0.25, -0.2) is 4.79 Å². The van der Waals surface area contributed by atoms with Gasteiger partial charge in [0.15, 0.2) is 6.10 Å². The third-order valence-electron chi connectivity index (χ3n) is 4.38. The molecule has 0 bridgehead atoms. The van der Waals surface area contributed by atoms with E-state index in [-0.39, 0.29) is 5.91 Å². The molecule has 1 atom stereocenters. The Morgan fingerprint density at radius 2 is 1.88 bits per heavy atom. The highest BCUT2D eigenvalue weighted by atomic mass is 35.5. The molecule has 132 valence electrons. The molecule has 1 amide bonds. The summed E-state index contributed by atoms with van der Waals surface area (Å²) in [7, 11) is 0. The molecule has 1 saturated carbocycles. The zero-order valence-corrected chi connectivity index (χ0v) is 15.3. The number of hydrogen-bond acceptors (Lipinski definition) is 3.